The van der Waals surface area contributed by atoms with Gasteiger partial charge in [0.2, 0.25) is 0 Å². The van der Waals surface area contributed by atoms with Gasteiger partial charge in [0.05, 0.1) is 12.4 Å². The quantitative estimate of drug-likeness (QED) is 0.622. The Balaban J connectivity index is 1.94. The molecular weight excluding hydrogens is 299 g/mol. The zero-order valence-electron chi connectivity index (χ0n) is 14.4. The minimum Gasteiger partial charge on any atom is -0.232 e. The molecule has 1 aliphatic rings. The molecule has 1 saturated carbocycles. The van der Waals surface area contributed by atoms with E-state index < -0.39 is 0 Å². The summed E-state index contributed by atoms with van der Waals surface area (Å²) in [6.45, 7) is 3.78. The molecule has 3 heteroatoms. The highest BCUT2D eigenvalue weighted by atomic mass is 19.1. The zero-order valence-corrected chi connectivity index (χ0v) is 14.4. The summed E-state index contributed by atoms with van der Waals surface area (Å²) in [6.07, 6.45) is 5.77. The number of aryl methyl sites for hydroxylation is 3. The fourth-order valence-corrected chi connectivity index (χ4v) is 3.62. The second-order valence-electron chi connectivity index (χ2n) is 7.02. The maximum atomic E-state index is 13.9. The maximum absolute atomic E-state index is 13.9. The zero-order chi connectivity index (χ0) is 16.8. The van der Waals surface area contributed by atoms with Crippen LogP contribution in [-0.4, -0.2) is 4.98 Å². The molecule has 0 atom stereocenters. The number of halogens is 1. The van der Waals surface area contributed by atoms with E-state index in [1.807, 2.05) is 37.9 Å². The van der Waals surface area contributed by atoms with Gasteiger partial charge in [-0.1, -0.05) is 12.5 Å². The maximum Gasteiger partial charge on any atom is 0.287 e. The second kappa shape index (κ2) is 5.66. The number of benzene rings is 2. The Labute approximate surface area is 142 Å². The van der Waals surface area contributed by atoms with Crippen LogP contribution in [0.15, 0.2) is 36.7 Å². The summed E-state index contributed by atoms with van der Waals surface area (Å²) < 4.78 is 15.9. The van der Waals surface area contributed by atoms with Crippen LogP contribution in [0.5, 0.6) is 0 Å². The first kappa shape index (κ1) is 15.3. The molecule has 0 radical (unpaired) electrons. The van der Waals surface area contributed by atoms with Crippen LogP contribution in [0, 0.1) is 19.7 Å². The van der Waals surface area contributed by atoms with Crippen molar-refractivity contribution < 1.29 is 8.96 Å². The van der Waals surface area contributed by atoms with E-state index in [0.29, 0.717) is 11.5 Å². The van der Waals surface area contributed by atoms with Crippen molar-refractivity contribution in [3.63, 3.8) is 0 Å². The fraction of sp³-hybridized carbons (Fsp3) is 0.333. The van der Waals surface area contributed by atoms with Crippen LogP contribution < -0.4 is 4.57 Å². The monoisotopic (exact) mass is 321 g/mol. The summed E-state index contributed by atoms with van der Waals surface area (Å²) in [5.74, 6) is 0.549. The number of fused-ring (bicyclic) bond motifs is 1. The first-order valence-electron chi connectivity index (χ1n) is 8.60. The fourth-order valence-electron chi connectivity index (χ4n) is 3.62. The van der Waals surface area contributed by atoms with Crippen molar-refractivity contribution in [3.05, 3.63) is 59.2 Å². The van der Waals surface area contributed by atoms with Gasteiger partial charge in [0.1, 0.15) is 11.5 Å². The molecule has 1 aromatic heterocycles. The molecule has 0 spiro atoms. The van der Waals surface area contributed by atoms with Crippen molar-refractivity contribution in [2.75, 3.05) is 0 Å². The number of nitrogens with zero attached hydrogens (tertiary/aromatic N) is 2. The lowest BCUT2D eigenvalue weighted by Gasteiger charge is -2.25. The van der Waals surface area contributed by atoms with Gasteiger partial charge in [-0.2, -0.15) is 0 Å². The predicted octanol–water partition coefficient (Wildman–Crippen LogP) is 4.75. The molecule has 24 heavy (non-hydrogen) atoms. The number of rotatable bonds is 2. The molecule has 0 N–H and O–H groups in total. The highest BCUT2D eigenvalue weighted by molar-refractivity contribution is 5.91. The first-order chi connectivity index (χ1) is 11.5. The molecule has 1 fully saturated rings. The van der Waals surface area contributed by atoms with E-state index in [4.69, 9.17) is 0 Å². The van der Waals surface area contributed by atoms with Crippen LogP contribution in [0.25, 0.3) is 22.2 Å². The Kier molecular flexibility index (Phi) is 3.60. The van der Waals surface area contributed by atoms with E-state index in [9.17, 15) is 4.39 Å². The van der Waals surface area contributed by atoms with Gasteiger partial charge in [0, 0.05) is 5.56 Å². The van der Waals surface area contributed by atoms with Gasteiger partial charge in [0.15, 0.2) is 5.52 Å². The van der Waals surface area contributed by atoms with Gasteiger partial charge in [-0.05, 0) is 78.5 Å². The Morgan fingerprint density at radius 3 is 2.58 bits per heavy atom. The average molecular weight is 321 g/mol. The Morgan fingerprint density at radius 1 is 1.08 bits per heavy atom. The van der Waals surface area contributed by atoms with E-state index >= 15 is 0 Å². The van der Waals surface area contributed by atoms with Crippen molar-refractivity contribution >= 4 is 10.9 Å². The summed E-state index contributed by atoms with van der Waals surface area (Å²) in [7, 11) is 2.00. The lowest BCUT2D eigenvalue weighted by molar-refractivity contribution is -0.662. The highest BCUT2D eigenvalue weighted by Crippen LogP contribution is 2.38. The Hall–Kier alpha value is -2.29. The third kappa shape index (κ3) is 2.39. The average Bonchev–Trinajstić information content (AvgIpc) is 2.50. The van der Waals surface area contributed by atoms with Crippen LogP contribution in [0.3, 0.4) is 0 Å². The normalized spacial score (nSPS) is 14.8. The number of hydrogen-bond acceptors (Lipinski definition) is 1. The number of aromatic nitrogens is 2. The molecule has 122 valence electrons. The van der Waals surface area contributed by atoms with Gasteiger partial charge < -0.3 is 0 Å². The largest absolute Gasteiger partial charge is 0.287 e. The molecule has 2 aromatic carbocycles. The first-order valence-corrected chi connectivity index (χ1v) is 8.60. The van der Waals surface area contributed by atoms with E-state index in [-0.39, 0.29) is 5.82 Å². The lowest BCUT2D eigenvalue weighted by atomic mass is 9.80. The van der Waals surface area contributed by atoms with Crippen molar-refractivity contribution in [2.45, 2.75) is 39.0 Å². The van der Waals surface area contributed by atoms with Crippen LogP contribution in [0.4, 0.5) is 4.39 Å². The molecule has 0 bridgehead atoms. The van der Waals surface area contributed by atoms with Crippen LogP contribution in [0.2, 0.25) is 0 Å². The molecule has 0 aliphatic heterocycles. The van der Waals surface area contributed by atoms with Crippen LogP contribution >= 0.6 is 0 Å². The third-order valence-corrected chi connectivity index (χ3v) is 5.34. The predicted molar refractivity (Wildman–Crippen MR) is 94.4 cm³/mol. The van der Waals surface area contributed by atoms with Crippen molar-refractivity contribution in [1.29, 1.82) is 0 Å². The smallest absolute Gasteiger partial charge is 0.232 e. The van der Waals surface area contributed by atoms with Crippen molar-refractivity contribution in [3.8, 4) is 11.3 Å². The van der Waals surface area contributed by atoms with Gasteiger partial charge in [-0.15, -0.1) is 0 Å². The van der Waals surface area contributed by atoms with Crippen LogP contribution in [-0.2, 0) is 7.05 Å². The van der Waals surface area contributed by atoms with Crippen LogP contribution in [0.1, 0.15) is 41.9 Å². The molecule has 0 saturated heterocycles. The molecule has 0 unspecified atom stereocenters. The Morgan fingerprint density at radius 2 is 1.88 bits per heavy atom. The van der Waals surface area contributed by atoms with Gasteiger partial charge in [-0.25, -0.2) is 8.96 Å². The minimum atomic E-state index is -0.149. The van der Waals surface area contributed by atoms with Gasteiger partial charge >= 0.3 is 0 Å². The molecule has 4 rings (SSSR count). The molecule has 0 amide bonds. The topological polar surface area (TPSA) is 16.8 Å². The summed E-state index contributed by atoms with van der Waals surface area (Å²) in [6, 6.07) is 10.2. The van der Waals surface area contributed by atoms with Gasteiger partial charge in [0.25, 0.3) is 6.33 Å². The standard InChI is InChI=1S/C21H22FN2/c1-13-10-19(22)14(2)9-18(13)21-17-8-7-16(15-5-4-6-15)11-20(17)23-12-24(21)3/h7-12,15H,4-6H2,1-3H3/q+1. The lowest BCUT2D eigenvalue weighted by Crippen LogP contribution is -2.32. The van der Waals surface area contributed by atoms with E-state index in [1.165, 1.54) is 24.8 Å². The summed E-state index contributed by atoms with van der Waals surface area (Å²) in [4.78, 5) is 4.63. The van der Waals surface area contributed by atoms with E-state index in [0.717, 1.165) is 27.7 Å². The SMILES string of the molecule is Cc1cc(-c2c3ccc(C4CCC4)cc3nc[n+]2C)c(C)cc1F. The van der Waals surface area contributed by atoms with Crippen molar-refractivity contribution in [2.24, 2.45) is 7.05 Å². The molecule has 1 aliphatic carbocycles. The minimum absolute atomic E-state index is 0.149. The molecule has 3 aromatic rings. The number of hydrogen-bond donors (Lipinski definition) is 0. The molecule has 1 heterocycles. The van der Waals surface area contributed by atoms with E-state index in [2.05, 4.69) is 23.2 Å². The highest BCUT2D eigenvalue weighted by Gasteiger charge is 2.22. The van der Waals surface area contributed by atoms with E-state index in [1.54, 1.807) is 6.07 Å². The van der Waals surface area contributed by atoms with Gasteiger partial charge in [-0.3, -0.25) is 0 Å². The Bertz CT molecular complexity index is 942. The van der Waals surface area contributed by atoms with Crippen molar-refractivity contribution in [1.82, 2.24) is 4.98 Å². The summed E-state index contributed by atoms with van der Waals surface area (Å²) >= 11 is 0. The molecule has 2 nitrogen and oxygen atoms in total. The molecular formula is C21H22FN2+. The third-order valence-electron chi connectivity index (χ3n) is 5.34. The second-order valence-corrected chi connectivity index (χ2v) is 7.02. The summed E-state index contributed by atoms with van der Waals surface area (Å²) in [5, 5.41) is 1.12. The summed E-state index contributed by atoms with van der Waals surface area (Å²) in [5.41, 5.74) is 6.21.